The number of anilines is 1. The largest absolute Gasteiger partial charge is 0.497 e. The molecule has 0 radical (unpaired) electrons. The summed E-state index contributed by atoms with van der Waals surface area (Å²) in [6, 6.07) is 13.1. The highest BCUT2D eigenvalue weighted by atomic mass is 32.2. The number of amides is 1. The maximum Gasteiger partial charge on any atom is 0.376 e. The predicted molar refractivity (Wildman–Crippen MR) is 125 cm³/mol. The quantitative estimate of drug-likeness (QED) is 0.507. The number of ether oxygens (including phenoxy) is 2. The van der Waals surface area contributed by atoms with Crippen LogP contribution < -0.4 is 10.1 Å². The van der Waals surface area contributed by atoms with Gasteiger partial charge < -0.3 is 19.2 Å². The van der Waals surface area contributed by atoms with Crippen molar-refractivity contribution in [3.63, 3.8) is 0 Å². The number of esters is 1. The highest BCUT2D eigenvalue weighted by Gasteiger charge is 2.34. The molecule has 1 fully saturated rings. The standard InChI is InChI=1S/C24H26N2O7S/c1-3-32-24(28)22-21(19-8-4-5-9-20(19)33-22)25-23(27)16-7-6-14-26(15-16)34(29,30)18-12-10-17(31-2)11-13-18/h4-5,8-13,16H,3,6-7,14-15H2,1-2H3,(H,25,27). The second-order valence-electron chi connectivity index (χ2n) is 7.89. The van der Waals surface area contributed by atoms with Gasteiger partial charge in [0.2, 0.25) is 21.7 Å². The van der Waals surface area contributed by atoms with Gasteiger partial charge in [-0.15, -0.1) is 0 Å². The Hall–Kier alpha value is -3.37. The monoisotopic (exact) mass is 486 g/mol. The van der Waals surface area contributed by atoms with Crippen molar-refractivity contribution in [3.8, 4) is 5.75 Å². The van der Waals surface area contributed by atoms with Crippen LogP contribution in [-0.2, 0) is 19.6 Å². The van der Waals surface area contributed by atoms with Gasteiger partial charge in [-0.2, -0.15) is 4.31 Å². The lowest BCUT2D eigenvalue weighted by Crippen LogP contribution is -2.43. The van der Waals surface area contributed by atoms with E-state index in [9.17, 15) is 18.0 Å². The van der Waals surface area contributed by atoms with Crippen LogP contribution in [0.4, 0.5) is 5.69 Å². The number of nitrogens with zero attached hydrogens (tertiary/aromatic N) is 1. The van der Waals surface area contributed by atoms with Crippen LogP contribution >= 0.6 is 0 Å². The topological polar surface area (TPSA) is 115 Å². The van der Waals surface area contributed by atoms with Crippen molar-refractivity contribution < 1.29 is 31.9 Å². The SMILES string of the molecule is CCOC(=O)c1oc2ccccc2c1NC(=O)C1CCCN(S(=O)(=O)c2ccc(OC)cc2)C1. The molecule has 4 rings (SSSR count). The lowest BCUT2D eigenvalue weighted by Gasteiger charge is -2.31. The van der Waals surface area contributed by atoms with Crippen LogP contribution in [0.1, 0.15) is 30.3 Å². The normalized spacial score (nSPS) is 16.8. The Morgan fingerprint density at radius 1 is 1.15 bits per heavy atom. The number of benzene rings is 2. The Labute approximate surface area is 197 Å². The zero-order valence-corrected chi connectivity index (χ0v) is 19.8. The van der Waals surface area contributed by atoms with Crippen molar-refractivity contribution in [2.24, 2.45) is 5.92 Å². The van der Waals surface area contributed by atoms with E-state index in [4.69, 9.17) is 13.9 Å². The minimum absolute atomic E-state index is 0.0325. The number of furan rings is 1. The Balaban J connectivity index is 1.55. The van der Waals surface area contributed by atoms with Crippen LogP contribution in [0.2, 0.25) is 0 Å². The summed E-state index contributed by atoms with van der Waals surface area (Å²) in [5.41, 5.74) is 0.669. The third-order valence-corrected chi connectivity index (χ3v) is 7.64. The van der Waals surface area contributed by atoms with E-state index in [0.29, 0.717) is 36.1 Å². The van der Waals surface area contributed by atoms with E-state index in [1.54, 1.807) is 43.3 Å². The third kappa shape index (κ3) is 4.64. The Kier molecular flexibility index (Phi) is 6.90. The fourth-order valence-corrected chi connectivity index (χ4v) is 5.53. The molecule has 0 aliphatic carbocycles. The summed E-state index contributed by atoms with van der Waals surface area (Å²) < 4.78 is 43.4. The number of carbonyl (C=O) groups is 2. The molecule has 1 atom stereocenters. The first kappa shape index (κ1) is 23.8. The van der Waals surface area contributed by atoms with E-state index in [0.717, 1.165) is 0 Å². The van der Waals surface area contributed by atoms with Crippen LogP contribution in [0, 0.1) is 5.92 Å². The summed E-state index contributed by atoms with van der Waals surface area (Å²) in [5, 5.41) is 3.36. The summed E-state index contributed by atoms with van der Waals surface area (Å²) in [4.78, 5) is 25.7. The molecule has 1 N–H and O–H groups in total. The first-order valence-corrected chi connectivity index (χ1v) is 12.4. The number of piperidine rings is 1. The number of nitrogens with one attached hydrogen (secondary N) is 1. The molecule has 1 aliphatic rings. The molecule has 1 aliphatic heterocycles. The summed E-state index contributed by atoms with van der Waals surface area (Å²) in [7, 11) is -2.27. The molecule has 180 valence electrons. The van der Waals surface area contributed by atoms with Crippen molar-refractivity contribution in [3.05, 3.63) is 54.3 Å². The Morgan fingerprint density at radius 3 is 2.59 bits per heavy atom. The number of sulfonamides is 1. The zero-order valence-electron chi connectivity index (χ0n) is 18.9. The fraction of sp³-hybridized carbons (Fsp3) is 0.333. The van der Waals surface area contributed by atoms with E-state index >= 15 is 0 Å². The van der Waals surface area contributed by atoms with E-state index in [1.807, 2.05) is 0 Å². The molecule has 1 amide bonds. The van der Waals surface area contributed by atoms with E-state index < -0.39 is 21.9 Å². The first-order valence-electron chi connectivity index (χ1n) is 11.0. The molecular weight excluding hydrogens is 460 g/mol. The van der Waals surface area contributed by atoms with E-state index in [2.05, 4.69) is 5.32 Å². The van der Waals surface area contributed by atoms with Gasteiger partial charge in [-0.3, -0.25) is 4.79 Å². The number of fused-ring (bicyclic) bond motifs is 1. The maximum absolute atomic E-state index is 13.2. The first-order chi connectivity index (χ1) is 16.3. The fourth-order valence-electron chi connectivity index (χ4n) is 4.01. The van der Waals surface area contributed by atoms with E-state index in [-0.39, 0.29) is 35.4 Å². The number of methoxy groups -OCH3 is 1. The molecule has 2 heterocycles. The van der Waals surface area contributed by atoms with Gasteiger partial charge >= 0.3 is 5.97 Å². The molecule has 0 saturated carbocycles. The van der Waals surface area contributed by atoms with Crippen molar-refractivity contribution in [2.45, 2.75) is 24.7 Å². The van der Waals surface area contributed by atoms with Crippen molar-refractivity contribution >= 4 is 38.6 Å². The van der Waals surface area contributed by atoms with Gasteiger partial charge in [0, 0.05) is 18.5 Å². The summed E-state index contributed by atoms with van der Waals surface area (Å²) in [5.74, 6) is -1.19. The molecule has 1 aromatic heterocycles. The Morgan fingerprint density at radius 2 is 1.88 bits per heavy atom. The van der Waals surface area contributed by atoms with Crippen LogP contribution in [-0.4, -0.2) is 51.4 Å². The molecule has 0 spiro atoms. The van der Waals surface area contributed by atoms with Crippen molar-refractivity contribution in [1.82, 2.24) is 4.31 Å². The smallest absolute Gasteiger partial charge is 0.376 e. The number of rotatable bonds is 7. The number of carbonyl (C=O) groups excluding carboxylic acids is 2. The predicted octanol–water partition coefficient (Wildman–Crippen LogP) is 3.66. The molecular formula is C24H26N2O7S. The molecule has 10 heteroatoms. The average molecular weight is 487 g/mol. The van der Waals surface area contributed by atoms with Gasteiger partial charge in [0.05, 0.1) is 24.5 Å². The second kappa shape index (κ2) is 9.86. The van der Waals surface area contributed by atoms with Crippen LogP contribution in [0.15, 0.2) is 57.8 Å². The zero-order chi connectivity index (χ0) is 24.3. The highest BCUT2D eigenvalue weighted by molar-refractivity contribution is 7.89. The molecule has 34 heavy (non-hydrogen) atoms. The number of hydrogen-bond donors (Lipinski definition) is 1. The summed E-state index contributed by atoms with van der Waals surface area (Å²) in [6.45, 7) is 2.19. The van der Waals surface area contributed by atoms with Gasteiger partial charge in [0.15, 0.2) is 0 Å². The summed E-state index contributed by atoms with van der Waals surface area (Å²) in [6.07, 6.45) is 1.05. The van der Waals surface area contributed by atoms with Crippen LogP contribution in [0.3, 0.4) is 0 Å². The molecule has 0 bridgehead atoms. The maximum atomic E-state index is 13.2. The van der Waals surface area contributed by atoms with Gasteiger partial charge in [0.25, 0.3) is 0 Å². The molecule has 9 nitrogen and oxygen atoms in total. The molecule has 3 aromatic rings. The van der Waals surface area contributed by atoms with E-state index in [1.165, 1.54) is 23.5 Å². The van der Waals surface area contributed by atoms with Crippen molar-refractivity contribution in [2.75, 3.05) is 32.1 Å². The summed E-state index contributed by atoms with van der Waals surface area (Å²) >= 11 is 0. The highest BCUT2D eigenvalue weighted by Crippen LogP contribution is 2.33. The molecule has 1 unspecified atom stereocenters. The van der Waals surface area contributed by atoms with Gasteiger partial charge in [-0.1, -0.05) is 12.1 Å². The van der Waals surface area contributed by atoms with Gasteiger partial charge in [0.1, 0.15) is 17.0 Å². The number of para-hydroxylation sites is 1. The second-order valence-corrected chi connectivity index (χ2v) is 9.83. The molecule has 1 saturated heterocycles. The minimum atomic E-state index is -3.77. The lowest BCUT2D eigenvalue weighted by atomic mass is 9.98. The molecule has 2 aromatic carbocycles. The lowest BCUT2D eigenvalue weighted by molar-refractivity contribution is -0.120. The number of hydrogen-bond acceptors (Lipinski definition) is 7. The minimum Gasteiger partial charge on any atom is -0.497 e. The van der Waals surface area contributed by atoms with Crippen LogP contribution in [0.25, 0.3) is 11.0 Å². The van der Waals surface area contributed by atoms with Gasteiger partial charge in [-0.25, -0.2) is 13.2 Å². The van der Waals surface area contributed by atoms with Crippen LogP contribution in [0.5, 0.6) is 5.75 Å². The average Bonchev–Trinajstić information content (AvgIpc) is 3.22. The third-order valence-electron chi connectivity index (χ3n) is 5.76. The van der Waals surface area contributed by atoms with Gasteiger partial charge in [-0.05, 0) is 56.2 Å². The van der Waals surface area contributed by atoms with Crippen molar-refractivity contribution in [1.29, 1.82) is 0 Å². The Bertz CT molecular complexity index is 1300.